The molecule has 2 amide bonds. The van der Waals surface area contributed by atoms with E-state index in [2.05, 4.69) is 0 Å². The third kappa shape index (κ3) is 9.02. The average molecular weight is 392 g/mol. The summed E-state index contributed by atoms with van der Waals surface area (Å²) in [5, 5.41) is 9.55. The third-order valence-corrected chi connectivity index (χ3v) is 4.30. The van der Waals surface area contributed by atoms with Crippen molar-refractivity contribution in [3.05, 3.63) is 35.9 Å². The Morgan fingerprint density at radius 1 is 1.11 bits per heavy atom. The van der Waals surface area contributed by atoms with Gasteiger partial charge in [-0.25, -0.2) is 9.69 Å². The number of unbranched alkanes of at least 4 members (excludes halogenated alkanes) is 2. The Labute approximate surface area is 167 Å². The fraction of sp³-hybridized carbons (Fsp3) is 0.591. The maximum absolute atomic E-state index is 12.9. The lowest BCUT2D eigenvalue weighted by molar-refractivity contribution is -0.158. The van der Waals surface area contributed by atoms with Crippen molar-refractivity contribution in [2.45, 2.75) is 71.8 Å². The van der Waals surface area contributed by atoms with E-state index in [4.69, 9.17) is 4.74 Å². The molecule has 1 atom stereocenters. The van der Waals surface area contributed by atoms with Gasteiger partial charge in [0.05, 0.1) is 6.42 Å². The number of hydrogen-bond donors (Lipinski definition) is 1. The molecule has 0 heterocycles. The van der Waals surface area contributed by atoms with Crippen LogP contribution in [0.4, 0.5) is 4.79 Å². The second-order valence-electron chi connectivity index (χ2n) is 7.99. The first-order chi connectivity index (χ1) is 13.1. The van der Waals surface area contributed by atoms with Crippen LogP contribution in [0.3, 0.4) is 0 Å². The molecular weight excluding hydrogens is 358 g/mol. The molecule has 0 bridgehead atoms. The van der Waals surface area contributed by atoms with E-state index in [1.54, 1.807) is 20.8 Å². The minimum Gasteiger partial charge on any atom is -0.465 e. The molecule has 0 fully saturated rings. The molecule has 0 saturated heterocycles. The highest BCUT2D eigenvalue weighted by Crippen LogP contribution is 2.20. The van der Waals surface area contributed by atoms with E-state index >= 15 is 0 Å². The first-order valence-corrected chi connectivity index (χ1v) is 9.94. The summed E-state index contributed by atoms with van der Waals surface area (Å²) >= 11 is 0. The molecule has 1 rings (SSSR count). The van der Waals surface area contributed by atoms with E-state index in [0.29, 0.717) is 12.8 Å². The van der Waals surface area contributed by atoms with E-state index in [9.17, 15) is 19.5 Å². The van der Waals surface area contributed by atoms with Gasteiger partial charge in [-0.15, -0.1) is 0 Å². The number of carbonyl (C=O) groups excluding carboxylic acids is 2. The quantitative estimate of drug-likeness (QED) is 0.463. The molecule has 0 saturated carbocycles. The van der Waals surface area contributed by atoms with Crippen molar-refractivity contribution in [3.63, 3.8) is 0 Å². The van der Waals surface area contributed by atoms with E-state index in [-0.39, 0.29) is 13.0 Å². The van der Waals surface area contributed by atoms with Gasteiger partial charge in [0.25, 0.3) is 0 Å². The second-order valence-corrected chi connectivity index (χ2v) is 7.99. The largest absolute Gasteiger partial charge is 0.465 e. The Kier molecular flexibility index (Phi) is 9.69. The Hall–Kier alpha value is -2.37. The van der Waals surface area contributed by atoms with Crippen molar-refractivity contribution in [3.8, 4) is 0 Å². The summed E-state index contributed by atoms with van der Waals surface area (Å²) in [6.07, 6.45) is 2.19. The summed E-state index contributed by atoms with van der Waals surface area (Å²) in [4.78, 5) is 37.7. The number of amides is 2. The van der Waals surface area contributed by atoms with Crippen LogP contribution in [0.2, 0.25) is 0 Å². The van der Waals surface area contributed by atoms with Crippen molar-refractivity contribution in [1.82, 2.24) is 4.90 Å². The lowest BCUT2D eigenvalue weighted by Crippen LogP contribution is -2.42. The van der Waals surface area contributed by atoms with Crippen LogP contribution < -0.4 is 0 Å². The van der Waals surface area contributed by atoms with Gasteiger partial charge in [-0.05, 0) is 39.2 Å². The number of hydrogen-bond acceptors (Lipinski definition) is 4. The minimum absolute atomic E-state index is 0.0662. The summed E-state index contributed by atoms with van der Waals surface area (Å²) in [6.45, 7) is 7.41. The molecular formula is C22H33NO5. The summed E-state index contributed by atoms with van der Waals surface area (Å²) in [5.74, 6) is -1.69. The first-order valence-electron chi connectivity index (χ1n) is 9.94. The zero-order chi connectivity index (χ0) is 21.2. The Bertz CT molecular complexity index is 636. The van der Waals surface area contributed by atoms with E-state index in [1.165, 1.54) is 0 Å². The molecule has 0 radical (unpaired) electrons. The number of esters is 1. The van der Waals surface area contributed by atoms with Gasteiger partial charge < -0.3 is 9.84 Å². The summed E-state index contributed by atoms with van der Waals surface area (Å²) < 4.78 is 5.34. The maximum atomic E-state index is 12.9. The van der Waals surface area contributed by atoms with E-state index < -0.39 is 29.5 Å². The molecule has 1 aromatic carbocycles. The fourth-order valence-corrected chi connectivity index (χ4v) is 2.94. The predicted molar refractivity (Wildman–Crippen MR) is 108 cm³/mol. The lowest BCUT2D eigenvalue weighted by Gasteiger charge is -2.25. The SMILES string of the molecule is CCCCCC(CC(=O)OC(C)(C)C)C(=O)N(CCc1ccccc1)C(=O)O. The molecule has 156 valence electrons. The van der Waals surface area contributed by atoms with Gasteiger partial charge in [-0.2, -0.15) is 0 Å². The van der Waals surface area contributed by atoms with Crippen molar-refractivity contribution < 1.29 is 24.2 Å². The predicted octanol–water partition coefficient (Wildman–Crippen LogP) is 4.66. The maximum Gasteiger partial charge on any atom is 0.414 e. The van der Waals surface area contributed by atoms with Gasteiger partial charge >= 0.3 is 12.1 Å². The highest BCUT2D eigenvalue weighted by molar-refractivity contribution is 5.94. The van der Waals surface area contributed by atoms with Crippen LogP contribution in [0, 0.1) is 5.92 Å². The van der Waals surface area contributed by atoms with Gasteiger partial charge in [0.2, 0.25) is 5.91 Å². The number of carboxylic acid groups (broad SMARTS) is 1. The Balaban J connectivity index is 2.85. The number of benzene rings is 1. The van der Waals surface area contributed by atoms with Gasteiger partial charge in [0, 0.05) is 12.5 Å². The van der Waals surface area contributed by atoms with Gasteiger partial charge in [-0.3, -0.25) is 9.59 Å². The molecule has 0 aliphatic heterocycles. The monoisotopic (exact) mass is 391 g/mol. The highest BCUT2D eigenvalue weighted by Gasteiger charge is 2.31. The van der Waals surface area contributed by atoms with Crippen molar-refractivity contribution in [2.75, 3.05) is 6.54 Å². The lowest BCUT2D eigenvalue weighted by atomic mass is 9.96. The summed E-state index contributed by atoms with van der Waals surface area (Å²) in [6, 6.07) is 9.42. The molecule has 1 unspecified atom stereocenters. The van der Waals surface area contributed by atoms with Gasteiger partial charge in [0.1, 0.15) is 5.60 Å². The van der Waals surface area contributed by atoms with Gasteiger partial charge in [-0.1, -0.05) is 56.5 Å². The first kappa shape index (κ1) is 23.7. The van der Waals surface area contributed by atoms with Crippen LogP contribution >= 0.6 is 0 Å². The van der Waals surface area contributed by atoms with E-state index in [0.717, 1.165) is 29.7 Å². The molecule has 1 N–H and O–H groups in total. The molecule has 6 heteroatoms. The van der Waals surface area contributed by atoms with Crippen LogP contribution in [-0.2, 0) is 20.7 Å². The molecule has 6 nitrogen and oxygen atoms in total. The molecule has 0 spiro atoms. The number of ether oxygens (including phenoxy) is 1. The molecule has 0 aliphatic carbocycles. The topological polar surface area (TPSA) is 83.9 Å². The number of imide groups is 1. The normalized spacial score (nSPS) is 12.3. The zero-order valence-corrected chi connectivity index (χ0v) is 17.4. The molecule has 1 aromatic rings. The Morgan fingerprint density at radius 3 is 2.29 bits per heavy atom. The van der Waals surface area contributed by atoms with Crippen LogP contribution in [-0.4, -0.2) is 40.1 Å². The Morgan fingerprint density at radius 2 is 1.75 bits per heavy atom. The number of nitrogens with zero attached hydrogens (tertiary/aromatic N) is 1. The summed E-state index contributed by atoms with van der Waals surface area (Å²) in [5.41, 5.74) is 0.310. The standard InChI is InChI=1S/C22H33NO5/c1-5-6-8-13-18(16-19(24)28-22(2,3)4)20(25)23(21(26)27)15-14-17-11-9-7-10-12-17/h7,9-12,18H,5-6,8,13-16H2,1-4H3,(H,26,27). The van der Waals surface area contributed by atoms with Crippen molar-refractivity contribution in [2.24, 2.45) is 5.92 Å². The van der Waals surface area contributed by atoms with Crippen molar-refractivity contribution >= 4 is 18.0 Å². The fourth-order valence-electron chi connectivity index (χ4n) is 2.94. The zero-order valence-electron chi connectivity index (χ0n) is 17.4. The van der Waals surface area contributed by atoms with Crippen LogP contribution in [0.25, 0.3) is 0 Å². The van der Waals surface area contributed by atoms with Crippen LogP contribution in [0.15, 0.2) is 30.3 Å². The van der Waals surface area contributed by atoms with Crippen LogP contribution in [0.5, 0.6) is 0 Å². The molecule has 28 heavy (non-hydrogen) atoms. The molecule has 0 aliphatic rings. The second kappa shape index (κ2) is 11.5. The minimum atomic E-state index is -1.29. The highest BCUT2D eigenvalue weighted by atomic mass is 16.6. The van der Waals surface area contributed by atoms with Crippen molar-refractivity contribution in [1.29, 1.82) is 0 Å². The third-order valence-electron chi connectivity index (χ3n) is 4.30. The number of rotatable bonds is 10. The van der Waals surface area contributed by atoms with E-state index in [1.807, 2.05) is 37.3 Å². The summed E-state index contributed by atoms with van der Waals surface area (Å²) in [7, 11) is 0. The average Bonchev–Trinajstić information content (AvgIpc) is 2.60. The number of carbonyl (C=O) groups is 3. The van der Waals surface area contributed by atoms with Crippen LogP contribution in [0.1, 0.15) is 65.4 Å². The van der Waals surface area contributed by atoms with Gasteiger partial charge in [0.15, 0.2) is 0 Å². The smallest absolute Gasteiger partial charge is 0.414 e. The molecule has 0 aromatic heterocycles.